The molecule has 1 N–H and O–H groups in total. The lowest BCUT2D eigenvalue weighted by Gasteiger charge is -2.25. The lowest BCUT2D eigenvalue weighted by molar-refractivity contribution is -0.139. The van der Waals surface area contributed by atoms with Crippen molar-refractivity contribution in [3.8, 4) is 0 Å². The topological polar surface area (TPSA) is 60.9 Å². The number of amides is 2. The number of aliphatic hydroxyl groups excluding tert-OH is 1. The zero-order chi connectivity index (χ0) is 11.5. The van der Waals surface area contributed by atoms with Gasteiger partial charge in [-0.25, -0.2) is 0 Å². The molecule has 2 heterocycles. The third kappa shape index (κ3) is 2.19. The summed E-state index contributed by atoms with van der Waals surface area (Å²) in [4.78, 5) is 26.7. The zero-order valence-corrected chi connectivity index (χ0v) is 9.39. The van der Waals surface area contributed by atoms with Crippen LogP contribution in [0.2, 0.25) is 0 Å². The Bertz CT molecular complexity index is 293. The fraction of sp³-hybridized carbons (Fsp3) is 0.818. The molecule has 0 radical (unpaired) electrons. The van der Waals surface area contributed by atoms with Crippen molar-refractivity contribution in [3.63, 3.8) is 0 Å². The highest BCUT2D eigenvalue weighted by atomic mass is 16.3. The summed E-state index contributed by atoms with van der Waals surface area (Å²) in [5.41, 5.74) is 0. The van der Waals surface area contributed by atoms with E-state index in [1.807, 2.05) is 0 Å². The molecule has 2 fully saturated rings. The first-order valence-corrected chi connectivity index (χ1v) is 5.90. The van der Waals surface area contributed by atoms with Gasteiger partial charge in [0.05, 0.1) is 19.2 Å². The van der Waals surface area contributed by atoms with E-state index in [-0.39, 0.29) is 31.0 Å². The fourth-order valence-corrected chi connectivity index (χ4v) is 2.48. The van der Waals surface area contributed by atoms with Crippen LogP contribution in [0.3, 0.4) is 0 Å². The summed E-state index contributed by atoms with van der Waals surface area (Å²) in [6.07, 6.45) is 3.24. The van der Waals surface area contributed by atoms with E-state index in [1.54, 1.807) is 9.80 Å². The van der Waals surface area contributed by atoms with Crippen molar-refractivity contribution in [2.45, 2.75) is 31.7 Å². The molecule has 16 heavy (non-hydrogen) atoms. The molecule has 0 bridgehead atoms. The maximum Gasteiger partial charge on any atom is 0.242 e. The molecular weight excluding hydrogens is 208 g/mol. The van der Waals surface area contributed by atoms with Crippen LogP contribution < -0.4 is 0 Å². The summed E-state index contributed by atoms with van der Waals surface area (Å²) in [7, 11) is 0. The lowest BCUT2D eigenvalue weighted by atomic mass is 10.2. The Morgan fingerprint density at radius 2 is 2.19 bits per heavy atom. The molecule has 0 aromatic carbocycles. The number of hydrogen-bond donors (Lipinski definition) is 1. The summed E-state index contributed by atoms with van der Waals surface area (Å²) in [5.74, 6) is 0.0555. The van der Waals surface area contributed by atoms with Crippen molar-refractivity contribution < 1.29 is 14.7 Å². The largest absolute Gasteiger partial charge is 0.394 e. The first-order chi connectivity index (χ1) is 7.72. The SMILES string of the molecule is O=C1CCCN1CC(=O)N1CCC[C@@H]1CO. The van der Waals surface area contributed by atoms with Gasteiger partial charge >= 0.3 is 0 Å². The van der Waals surface area contributed by atoms with Crippen LogP contribution in [-0.2, 0) is 9.59 Å². The van der Waals surface area contributed by atoms with Crippen molar-refractivity contribution in [1.29, 1.82) is 0 Å². The molecule has 2 saturated heterocycles. The Hall–Kier alpha value is -1.10. The van der Waals surface area contributed by atoms with E-state index in [2.05, 4.69) is 0 Å². The van der Waals surface area contributed by atoms with Gasteiger partial charge in [-0.15, -0.1) is 0 Å². The van der Waals surface area contributed by atoms with Crippen LogP contribution in [0.4, 0.5) is 0 Å². The third-order valence-electron chi connectivity index (χ3n) is 3.41. The second kappa shape index (κ2) is 4.82. The van der Waals surface area contributed by atoms with Gasteiger partial charge in [0.1, 0.15) is 0 Å². The van der Waals surface area contributed by atoms with Crippen molar-refractivity contribution in [2.24, 2.45) is 0 Å². The van der Waals surface area contributed by atoms with Gasteiger partial charge in [-0.05, 0) is 19.3 Å². The molecule has 0 aromatic heterocycles. The van der Waals surface area contributed by atoms with E-state index in [0.29, 0.717) is 19.5 Å². The van der Waals surface area contributed by atoms with Crippen molar-refractivity contribution in [2.75, 3.05) is 26.2 Å². The number of rotatable bonds is 3. The molecular formula is C11H18N2O3. The molecule has 0 aromatic rings. The second-order valence-electron chi connectivity index (χ2n) is 4.48. The normalized spacial score (nSPS) is 25.6. The molecule has 5 nitrogen and oxygen atoms in total. The van der Waals surface area contributed by atoms with Crippen molar-refractivity contribution in [3.05, 3.63) is 0 Å². The number of nitrogens with zero attached hydrogens (tertiary/aromatic N) is 2. The molecule has 2 amide bonds. The van der Waals surface area contributed by atoms with Gasteiger partial charge in [-0.1, -0.05) is 0 Å². The molecule has 1 atom stereocenters. The summed E-state index contributed by atoms with van der Waals surface area (Å²) in [6, 6.07) is -0.0368. The summed E-state index contributed by atoms with van der Waals surface area (Å²) < 4.78 is 0. The molecule has 0 aliphatic carbocycles. The highest BCUT2D eigenvalue weighted by molar-refractivity contribution is 5.86. The van der Waals surface area contributed by atoms with Gasteiger partial charge < -0.3 is 14.9 Å². The summed E-state index contributed by atoms with van der Waals surface area (Å²) in [5, 5.41) is 9.12. The van der Waals surface area contributed by atoms with Crippen LogP contribution in [-0.4, -0.2) is 59.0 Å². The quantitative estimate of drug-likeness (QED) is 0.712. The molecule has 90 valence electrons. The molecule has 0 spiro atoms. The van der Waals surface area contributed by atoms with E-state index in [9.17, 15) is 9.59 Å². The van der Waals surface area contributed by atoms with Crippen molar-refractivity contribution in [1.82, 2.24) is 9.80 Å². The Kier molecular flexibility index (Phi) is 3.43. The number of hydrogen-bond acceptors (Lipinski definition) is 3. The van der Waals surface area contributed by atoms with E-state index in [0.717, 1.165) is 19.3 Å². The van der Waals surface area contributed by atoms with Gasteiger partial charge in [-0.3, -0.25) is 9.59 Å². The van der Waals surface area contributed by atoms with Gasteiger partial charge in [0.15, 0.2) is 0 Å². The molecule has 5 heteroatoms. The highest BCUT2D eigenvalue weighted by Gasteiger charge is 2.30. The van der Waals surface area contributed by atoms with Gasteiger partial charge in [0, 0.05) is 19.5 Å². The van der Waals surface area contributed by atoms with Crippen LogP contribution in [0.15, 0.2) is 0 Å². The maximum atomic E-state index is 11.9. The number of carbonyl (C=O) groups excluding carboxylic acids is 2. The van der Waals surface area contributed by atoms with Gasteiger partial charge in [-0.2, -0.15) is 0 Å². The van der Waals surface area contributed by atoms with Crippen LogP contribution in [0.5, 0.6) is 0 Å². The minimum absolute atomic E-state index is 0.0215. The predicted octanol–water partition coefficient (Wildman–Crippen LogP) is -0.408. The molecule has 2 aliphatic heterocycles. The number of aliphatic hydroxyl groups is 1. The smallest absolute Gasteiger partial charge is 0.242 e. The Morgan fingerprint density at radius 1 is 1.38 bits per heavy atom. The van der Waals surface area contributed by atoms with Crippen LogP contribution in [0.1, 0.15) is 25.7 Å². The van der Waals surface area contributed by atoms with E-state index < -0.39 is 0 Å². The van der Waals surface area contributed by atoms with E-state index in [4.69, 9.17) is 5.11 Å². The molecule has 2 aliphatic rings. The van der Waals surface area contributed by atoms with E-state index >= 15 is 0 Å². The van der Waals surface area contributed by atoms with Gasteiger partial charge in [0.25, 0.3) is 0 Å². The first kappa shape index (κ1) is 11.4. The average Bonchev–Trinajstić information content (AvgIpc) is 2.87. The molecule has 2 rings (SSSR count). The average molecular weight is 226 g/mol. The standard InChI is InChI=1S/C11H18N2O3/c14-8-9-3-1-6-13(9)11(16)7-12-5-2-4-10(12)15/h9,14H,1-8H2/t9-/m1/s1. The summed E-state index contributed by atoms with van der Waals surface area (Å²) in [6.45, 7) is 1.63. The minimum atomic E-state index is -0.0368. The number of likely N-dealkylation sites (tertiary alicyclic amines) is 2. The molecule has 0 saturated carbocycles. The second-order valence-corrected chi connectivity index (χ2v) is 4.48. The first-order valence-electron chi connectivity index (χ1n) is 5.90. The Labute approximate surface area is 95.0 Å². The predicted molar refractivity (Wildman–Crippen MR) is 57.6 cm³/mol. The maximum absolute atomic E-state index is 11.9. The van der Waals surface area contributed by atoms with Crippen LogP contribution in [0.25, 0.3) is 0 Å². The van der Waals surface area contributed by atoms with Crippen LogP contribution >= 0.6 is 0 Å². The van der Waals surface area contributed by atoms with E-state index in [1.165, 1.54) is 0 Å². The Balaban J connectivity index is 1.89. The monoisotopic (exact) mass is 226 g/mol. The lowest BCUT2D eigenvalue weighted by Crippen LogP contribution is -2.44. The van der Waals surface area contributed by atoms with Gasteiger partial charge in [0.2, 0.25) is 11.8 Å². The summed E-state index contributed by atoms with van der Waals surface area (Å²) >= 11 is 0. The number of carbonyl (C=O) groups is 2. The highest BCUT2D eigenvalue weighted by Crippen LogP contribution is 2.18. The molecule has 0 unspecified atom stereocenters. The van der Waals surface area contributed by atoms with Crippen molar-refractivity contribution >= 4 is 11.8 Å². The Morgan fingerprint density at radius 3 is 2.81 bits per heavy atom. The third-order valence-corrected chi connectivity index (χ3v) is 3.41. The fourth-order valence-electron chi connectivity index (χ4n) is 2.48. The zero-order valence-electron chi connectivity index (χ0n) is 9.39. The van der Waals surface area contributed by atoms with Crippen LogP contribution in [0, 0.1) is 0 Å². The minimum Gasteiger partial charge on any atom is -0.394 e.